The molecule has 0 radical (unpaired) electrons. The molecule has 0 unspecified atom stereocenters. The lowest BCUT2D eigenvalue weighted by molar-refractivity contribution is 0.112. The fraction of sp³-hybridized carbons (Fsp3) is 0.400. The molecule has 2 atom stereocenters. The fourth-order valence-electron chi connectivity index (χ4n) is 3.30. The highest BCUT2D eigenvalue weighted by molar-refractivity contribution is 7.89. The Hall–Kier alpha value is -2.00. The molecule has 1 aliphatic rings. The number of piperazine rings is 1. The summed E-state index contributed by atoms with van der Waals surface area (Å²) in [5.41, 5.74) is 1.32. The van der Waals surface area contributed by atoms with Gasteiger partial charge in [0.15, 0.2) is 0 Å². The number of nitrogens with two attached hydrogens (primary N) is 1. The second kappa shape index (κ2) is 8.57. The first kappa shape index (κ1) is 20.7. The minimum absolute atomic E-state index is 0.0220. The molecule has 0 amide bonds. The summed E-state index contributed by atoms with van der Waals surface area (Å²) in [7, 11) is -3.76. The largest absolute Gasteiger partial charge is 0.484 e. The zero-order valence-corrected chi connectivity index (χ0v) is 16.9. The first-order valence-corrected chi connectivity index (χ1v) is 10.8. The lowest BCUT2D eigenvalue weighted by atomic mass is 10.1. The first-order valence-electron chi connectivity index (χ1n) is 9.23. The molecule has 1 aliphatic heterocycles. The Morgan fingerprint density at radius 3 is 2.61 bits per heavy atom. The topological polar surface area (TPSA) is 84.7 Å². The maximum absolute atomic E-state index is 14.1. The maximum atomic E-state index is 14.1. The van der Waals surface area contributed by atoms with Gasteiger partial charge >= 0.3 is 0 Å². The zero-order chi connectivity index (χ0) is 20.3. The van der Waals surface area contributed by atoms with Crippen molar-refractivity contribution in [3.05, 3.63) is 59.4 Å². The average Bonchev–Trinajstić information content (AvgIpc) is 2.63. The van der Waals surface area contributed by atoms with Gasteiger partial charge in [0.2, 0.25) is 10.0 Å². The molecule has 2 aromatic carbocycles. The van der Waals surface area contributed by atoms with E-state index in [1.165, 1.54) is 18.2 Å². The number of hydrogen-bond acceptors (Lipinski definition) is 5. The molecular formula is C20H26FN3O3S. The average molecular weight is 408 g/mol. The summed E-state index contributed by atoms with van der Waals surface area (Å²) in [6, 6.07) is 11.4. The Balaban J connectivity index is 1.83. The molecule has 0 spiro atoms. The number of hydrogen-bond donors (Lipinski definition) is 2. The van der Waals surface area contributed by atoms with Crippen molar-refractivity contribution < 1.29 is 17.5 Å². The summed E-state index contributed by atoms with van der Waals surface area (Å²) in [6.45, 7) is 7.09. The number of benzene rings is 2. The number of primary sulfonamides is 1. The molecule has 3 rings (SSSR count). The quantitative estimate of drug-likeness (QED) is 0.767. The summed E-state index contributed by atoms with van der Waals surface area (Å²) < 4.78 is 43.1. The van der Waals surface area contributed by atoms with E-state index in [1.807, 2.05) is 6.07 Å². The number of halogens is 1. The molecule has 1 heterocycles. The predicted molar refractivity (Wildman–Crippen MR) is 106 cm³/mol. The molecular weight excluding hydrogens is 381 g/mol. The third-order valence-electron chi connectivity index (χ3n) is 4.88. The standard InChI is InChI=1S/C20H26FN3O3S/c1-14-3-4-16(11-19(14)21)20(13-24-10-9-23-15(2)12-24)27-17-5-7-18(8-6-17)28(22,25)26/h3-8,11,15,20,23H,9-10,12-13H2,1-2H3,(H2,22,25,26)/t15-,20-/m1/s1. The number of rotatable bonds is 6. The Kier molecular flexibility index (Phi) is 6.34. The monoisotopic (exact) mass is 407 g/mol. The van der Waals surface area contributed by atoms with Gasteiger partial charge < -0.3 is 10.1 Å². The summed E-state index contributed by atoms with van der Waals surface area (Å²) in [5.74, 6) is 0.228. The van der Waals surface area contributed by atoms with Crippen molar-refractivity contribution in [3.8, 4) is 5.75 Å². The van der Waals surface area contributed by atoms with Crippen molar-refractivity contribution in [1.29, 1.82) is 0 Å². The van der Waals surface area contributed by atoms with Gasteiger partial charge in [-0.25, -0.2) is 17.9 Å². The Labute approximate surface area is 165 Å². The van der Waals surface area contributed by atoms with Crippen LogP contribution in [0, 0.1) is 12.7 Å². The van der Waals surface area contributed by atoms with Gasteiger partial charge in [0, 0.05) is 32.2 Å². The van der Waals surface area contributed by atoms with E-state index in [0.717, 1.165) is 25.2 Å². The van der Waals surface area contributed by atoms with Crippen LogP contribution in [0.1, 0.15) is 24.2 Å². The predicted octanol–water partition coefficient (Wildman–Crippen LogP) is 2.20. The summed E-state index contributed by atoms with van der Waals surface area (Å²) in [4.78, 5) is 2.30. The van der Waals surface area contributed by atoms with Gasteiger partial charge in [0.25, 0.3) is 0 Å². The molecule has 8 heteroatoms. The van der Waals surface area contributed by atoms with Crippen molar-refractivity contribution >= 4 is 10.0 Å². The minimum Gasteiger partial charge on any atom is -0.484 e. The first-order chi connectivity index (χ1) is 13.2. The number of ether oxygens (including phenoxy) is 1. The Morgan fingerprint density at radius 1 is 1.29 bits per heavy atom. The van der Waals surface area contributed by atoms with Crippen LogP contribution < -0.4 is 15.2 Å². The van der Waals surface area contributed by atoms with Crippen molar-refractivity contribution in [2.24, 2.45) is 5.14 Å². The van der Waals surface area contributed by atoms with E-state index in [1.54, 1.807) is 25.1 Å². The molecule has 0 bridgehead atoms. The number of sulfonamides is 1. The molecule has 28 heavy (non-hydrogen) atoms. The molecule has 6 nitrogen and oxygen atoms in total. The SMILES string of the molecule is Cc1ccc([C@@H](CN2CCN[C@H](C)C2)Oc2ccc(S(N)(=O)=O)cc2)cc1F. The number of nitrogens with one attached hydrogen (secondary N) is 1. The molecule has 1 fully saturated rings. The molecule has 0 saturated carbocycles. The van der Waals surface area contributed by atoms with Gasteiger partial charge in [0.05, 0.1) is 4.90 Å². The van der Waals surface area contributed by atoms with E-state index in [0.29, 0.717) is 23.9 Å². The maximum Gasteiger partial charge on any atom is 0.238 e. The van der Waals surface area contributed by atoms with Crippen LogP contribution in [-0.4, -0.2) is 45.5 Å². The van der Waals surface area contributed by atoms with Crippen molar-refractivity contribution in [2.45, 2.75) is 30.9 Å². The van der Waals surface area contributed by atoms with Crippen LogP contribution in [0.15, 0.2) is 47.4 Å². The molecule has 152 valence electrons. The smallest absolute Gasteiger partial charge is 0.238 e. The highest BCUT2D eigenvalue weighted by atomic mass is 32.2. The van der Waals surface area contributed by atoms with E-state index in [-0.39, 0.29) is 16.8 Å². The van der Waals surface area contributed by atoms with Gasteiger partial charge in [-0.15, -0.1) is 0 Å². The Bertz CT molecular complexity index is 919. The summed E-state index contributed by atoms with van der Waals surface area (Å²) in [5, 5.41) is 8.54. The van der Waals surface area contributed by atoms with Gasteiger partial charge in [-0.1, -0.05) is 12.1 Å². The molecule has 2 aromatic rings. The van der Waals surface area contributed by atoms with Crippen LogP contribution in [0.2, 0.25) is 0 Å². The lowest BCUT2D eigenvalue weighted by Gasteiger charge is -2.34. The Morgan fingerprint density at radius 2 is 2.00 bits per heavy atom. The lowest BCUT2D eigenvalue weighted by Crippen LogP contribution is -2.50. The second-order valence-corrected chi connectivity index (χ2v) is 8.81. The van der Waals surface area contributed by atoms with Crippen LogP contribution in [0.25, 0.3) is 0 Å². The van der Waals surface area contributed by atoms with E-state index in [9.17, 15) is 12.8 Å². The second-order valence-electron chi connectivity index (χ2n) is 7.25. The van der Waals surface area contributed by atoms with Crippen LogP contribution in [0.4, 0.5) is 4.39 Å². The summed E-state index contributed by atoms with van der Waals surface area (Å²) >= 11 is 0. The third-order valence-corrected chi connectivity index (χ3v) is 5.80. The van der Waals surface area contributed by atoms with Crippen molar-refractivity contribution in [2.75, 3.05) is 26.2 Å². The van der Waals surface area contributed by atoms with E-state index in [4.69, 9.17) is 9.88 Å². The van der Waals surface area contributed by atoms with Crippen LogP contribution in [0.5, 0.6) is 5.75 Å². The van der Waals surface area contributed by atoms with E-state index in [2.05, 4.69) is 17.1 Å². The van der Waals surface area contributed by atoms with Crippen LogP contribution in [-0.2, 0) is 10.0 Å². The molecule has 3 N–H and O–H groups in total. The third kappa shape index (κ3) is 5.29. The van der Waals surface area contributed by atoms with Gasteiger partial charge in [-0.2, -0.15) is 0 Å². The highest BCUT2D eigenvalue weighted by Gasteiger charge is 2.23. The molecule has 1 saturated heterocycles. The molecule has 0 aliphatic carbocycles. The highest BCUT2D eigenvalue weighted by Crippen LogP contribution is 2.26. The van der Waals surface area contributed by atoms with Gasteiger partial charge in [0.1, 0.15) is 17.7 Å². The number of aryl methyl sites for hydroxylation is 1. The van der Waals surface area contributed by atoms with Crippen LogP contribution >= 0.6 is 0 Å². The summed E-state index contributed by atoms with van der Waals surface area (Å²) in [6.07, 6.45) is -0.388. The van der Waals surface area contributed by atoms with Gasteiger partial charge in [-0.3, -0.25) is 4.90 Å². The fourth-order valence-corrected chi connectivity index (χ4v) is 3.82. The van der Waals surface area contributed by atoms with Crippen molar-refractivity contribution in [3.63, 3.8) is 0 Å². The van der Waals surface area contributed by atoms with Crippen molar-refractivity contribution in [1.82, 2.24) is 10.2 Å². The van der Waals surface area contributed by atoms with Crippen LogP contribution in [0.3, 0.4) is 0 Å². The van der Waals surface area contributed by atoms with E-state index < -0.39 is 10.0 Å². The molecule has 0 aromatic heterocycles. The van der Waals surface area contributed by atoms with Gasteiger partial charge in [-0.05, 0) is 55.3 Å². The minimum atomic E-state index is -3.76. The number of nitrogens with zero attached hydrogens (tertiary/aromatic N) is 1. The zero-order valence-electron chi connectivity index (χ0n) is 16.1. The van der Waals surface area contributed by atoms with E-state index >= 15 is 0 Å². The normalized spacial score (nSPS) is 19.4.